The van der Waals surface area contributed by atoms with Gasteiger partial charge in [-0.1, -0.05) is 18.2 Å². The van der Waals surface area contributed by atoms with Crippen LogP contribution in [-0.4, -0.2) is 21.6 Å². The highest BCUT2D eigenvalue weighted by atomic mass is 16.2. The number of para-hydroxylation sites is 1. The second-order valence-electron chi connectivity index (χ2n) is 6.29. The number of nitriles is 1. The van der Waals surface area contributed by atoms with E-state index in [2.05, 4.69) is 0 Å². The standard InChI is InChI=1S/C18H16N4O3/c19-10-13-15-6-3-8-21(15)18(25)22(17(13)24)11-16(23)20-9-7-12-4-1-2-5-14(12)20/h1-2,4-5H,3,6-9,11H2. The van der Waals surface area contributed by atoms with Gasteiger partial charge in [0.2, 0.25) is 5.91 Å². The van der Waals surface area contributed by atoms with E-state index >= 15 is 0 Å². The van der Waals surface area contributed by atoms with Gasteiger partial charge in [0, 0.05) is 24.5 Å². The average Bonchev–Trinajstić information content (AvgIpc) is 3.26. The molecule has 2 aromatic rings. The second kappa shape index (κ2) is 5.74. The summed E-state index contributed by atoms with van der Waals surface area (Å²) in [5, 5.41) is 9.30. The minimum atomic E-state index is -0.665. The van der Waals surface area contributed by atoms with Crippen LogP contribution in [0.4, 0.5) is 5.69 Å². The van der Waals surface area contributed by atoms with Gasteiger partial charge in [0.15, 0.2) is 0 Å². The molecule has 0 bridgehead atoms. The first-order valence-corrected chi connectivity index (χ1v) is 8.26. The molecule has 0 unspecified atom stereocenters. The molecule has 0 fully saturated rings. The van der Waals surface area contributed by atoms with Crippen molar-refractivity contribution in [1.29, 1.82) is 5.26 Å². The highest BCUT2D eigenvalue weighted by Crippen LogP contribution is 2.27. The van der Waals surface area contributed by atoms with Crippen molar-refractivity contribution >= 4 is 11.6 Å². The summed E-state index contributed by atoms with van der Waals surface area (Å²) in [5.41, 5.74) is 1.20. The molecule has 0 spiro atoms. The number of hydrogen-bond acceptors (Lipinski definition) is 4. The molecule has 7 nitrogen and oxygen atoms in total. The van der Waals surface area contributed by atoms with Gasteiger partial charge in [-0.2, -0.15) is 5.26 Å². The van der Waals surface area contributed by atoms with Gasteiger partial charge in [0.1, 0.15) is 18.2 Å². The molecule has 1 aromatic carbocycles. The minimum absolute atomic E-state index is 0.0216. The van der Waals surface area contributed by atoms with E-state index < -0.39 is 11.2 Å². The smallest absolute Gasteiger partial charge is 0.310 e. The Kier molecular flexibility index (Phi) is 3.53. The zero-order chi connectivity index (χ0) is 17.6. The fraction of sp³-hybridized carbons (Fsp3) is 0.333. The number of anilines is 1. The van der Waals surface area contributed by atoms with Crippen LogP contribution >= 0.6 is 0 Å². The fourth-order valence-electron chi connectivity index (χ4n) is 3.71. The van der Waals surface area contributed by atoms with Crippen LogP contribution in [-0.2, 0) is 30.7 Å². The maximum atomic E-state index is 12.7. The van der Waals surface area contributed by atoms with Gasteiger partial charge in [-0.25, -0.2) is 9.36 Å². The number of nitrogens with zero attached hydrogens (tertiary/aromatic N) is 4. The summed E-state index contributed by atoms with van der Waals surface area (Å²) in [6.07, 6.45) is 2.02. The minimum Gasteiger partial charge on any atom is -0.310 e. The number of carbonyl (C=O) groups is 1. The van der Waals surface area contributed by atoms with Gasteiger partial charge >= 0.3 is 5.69 Å². The molecule has 1 aromatic heterocycles. The van der Waals surface area contributed by atoms with E-state index in [1.54, 1.807) is 4.90 Å². The Hall–Kier alpha value is -3.14. The summed E-state index contributed by atoms with van der Waals surface area (Å²) in [5.74, 6) is -0.313. The molecule has 0 saturated carbocycles. The molecule has 0 atom stereocenters. The third-order valence-corrected chi connectivity index (χ3v) is 4.92. The Morgan fingerprint density at radius 1 is 1.16 bits per heavy atom. The Balaban J connectivity index is 1.73. The number of carbonyl (C=O) groups excluding carboxylic acids is 1. The zero-order valence-corrected chi connectivity index (χ0v) is 13.6. The molecule has 2 aliphatic rings. The SMILES string of the molecule is N#Cc1c2n(c(=O)n(CC(=O)N3CCc4ccccc43)c1=O)CCC2. The van der Waals surface area contributed by atoms with Crippen molar-refractivity contribution in [3.05, 3.63) is 61.9 Å². The van der Waals surface area contributed by atoms with E-state index in [1.165, 1.54) is 4.57 Å². The Labute approximate surface area is 143 Å². The molecular formula is C18H16N4O3. The van der Waals surface area contributed by atoms with Crippen molar-refractivity contribution in [1.82, 2.24) is 9.13 Å². The molecule has 7 heteroatoms. The van der Waals surface area contributed by atoms with Crippen LogP contribution in [0.5, 0.6) is 0 Å². The van der Waals surface area contributed by atoms with Crippen LogP contribution in [0.15, 0.2) is 33.9 Å². The lowest BCUT2D eigenvalue weighted by molar-refractivity contribution is -0.119. The predicted molar refractivity (Wildman–Crippen MR) is 90.5 cm³/mol. The van der Waals surface area contributed by atoms with E-state index in [4.69, 9.17) is 0 Å². The number of benzene rings is 1. The summed E-state index contributed by atoms with van der Waals surface area (Å²) in [6, 6.07) is 9.51. The topological polar surface area (TPSA) is 88.1 Å². The predicted octanol–water partition coefficient (Wildman–Crippen LogP) is 0.417. The number of amides is 1. The van der Waals surface area contributed by atoms with Crippen LogP contribution in [0.1, 0.15) is 23.2 Å². The average molecular weight is 336 g/mol. The van der Waals surface area contributed by atoms with Gasteiger partial charge in [0.05, 0.1) is 0 Å². The molecule has 0 aliphatic carbocycles. The largest absolute Gasteiger partial charge is 0.331 e. The number of fused-ring (bicyclic) bond motifs is 2. The van der Waals surface area contributed by atoms with E-state index in [0.717, 1.165) is 28.7 Å². The van der Waals surface area contributed by atoms with Crippen LogP contribution < -0.4 is 16.1 Å². The highest BCUT2D eigenvalue weighted by molar-refractivity contribution is 5.95. The maximum Gasteiger partial charge on any atom is 0.331 e. The summed E-state index contributed by atoms with van der Waals surface area (Å²) >= 11 is 0. The molecule has 25 heavy (non-hydrogen) atoms. The van der Waals surface area contributed by atoms with Crippen molar-refractivity contribution in [2.75, 3.05) is 11.4 Å². The van der Waals surface area contributed by atoms with Gasteiger partial charge in [0.25, 0.3) is 5.56 Å². The quantitative estimate of drug-likeness (QED) is 0.795. The summed E-state index contributed by atoms with van der Waals surface area (Å²) < 4.78 is 2.35. The summed E-state index contributed by atoms with van der Waals surface area (Å²) in [7, 11) is 0. The number of rotatable bonds is 2. The summed E-state index contributed by atoms with van der Waals surface area (Å²) in [4.78, 5) is 39.4. The van der Waals surface area contributed by atoms with Crippen molar-refractivity contribution in [2.24, 2.45) is 0 Å². The highest BCUT2D eigenvalue weighted by Gasteiger charge is 2.27. The first-order valence-electron chi connectivity index (χ1n) is 8.26. The number of hydrogen-bond donors (Lipinski definition) is 0. The molecular weight excluding hydrogens is 320 g/mol. The van der Waals surface area contributed by atoms with E-state index in [1.807, 2.05) is 30.3 Å². The van der Waals surface area contributed by atoms with Crippen LogP contribution in [0, 0.1) is 11.3 Å². The number of aromatic nitrogens is 2. The molecule has 0 radical (unpaired) electrons. The monoisotopic (exact) mass is 336 g/mol. The zero-order valence-electron chi connectivity index (χ0n) is 13.6. The molecule has 126 valence electrons. The van der Waals surface area contributed by atoms with E-state index in [-0.39, 0.29) is 18.0 Å². The first kappa shape index (κ1) is 15.4. The Bertz CT molecular complexity index is 1040. The first-order chi connectivity index (χ1) is 12.1. The molecule has 4 rings (SSSR count). The lowest BCUT2D eigenvalue weighted by Crippen LogP contribution is -2.45. The van der Waals surface area contributed by atoms with Crippen LogP contribution in [0.25, 0.3) is 0 Å². The second-order valence-corrected chi connectivity index (χ2v) is 6.29. The van der Waals surface area contributed by atoms with Gasteiger partial charge in [-0.05, 0) is 30.9 Å². The summed E-state index contributed by atoms with van der Waals surface area (Å²) in [6.45, 7) is 0.662. The van der Waals surface area contributed by atoms with Crippen LogP contribution in [0.2, 0.25) is 0 Å². The van der Waals surface area contributed by atoms with Crippen molar-refractivity contribution in [3.8, 4) is 6.07 Å². The van der Waals surface area contributed by atoms with Crippen LogP contribution in [0.3, 0.4) is 0 Å². The molecule has 3 heterocycles. The lowest BCUT2D eigenvalue weighted by atomic mass is 10.2. The Morgan fingerprint density at radius 2 is 1.96 bits per heavy atom. The van der Waals surface area contributed by atoms with E-state index in [0.29, 0.717) is 25.2 Å². The van der Waals surface area contributed by atoms with Gasteiger partial charge in [-0.15, -0.1) is 0 Å². The van der Waals surface area contributed by atoms with E-state index in [9.17, 15) is 19.6 Å². The molecule has 2 aliphatic heterocycles. The molecule has 1 amide bonds. The fourth-order valence-corrected chi connectivity index (χ4v) is 3.71. The molecule has 0 N–H and O–H groups in total. The third kappa shape index (κ3) is 2.30. The lowest BCUT2D eigenvalue weighted by Gasteiger charge is -2.18. The normalized spacial score (nSPS) is 14.9. The Morgan fingerprint density at radius 3 is 2.76 bits per heavy atom. The van der Waals surface area contributed by atoms with Crippen molar-refractivity contribution < 1.29 is 4.79 Å². The van der Waals surface area contributed by atoms with Crippen molar-refractivity contribution in [3.63, 3.8) is 0 Å². The van der Waals surface area contributed by atoms with Gasteiger partial charge in [-0.3, -0.25) is 14.2 Å². The molecule has 0 saturated heterocycles. The van der Waals surface area contributed by atoms with Gasteiger partial charge < -0.3 is 4.90 Å². The van der Waals surface area contributed by atoms with Crippen molar-refractivity contribution in [2.45, 2.75) is 32.4 Å². The third-order valence-electron chi connectivity index (χ3n) is 4.92. The maximum absolute atomic E-state index is 12.7.